The molecule has 1 aromatic rings. The van der Waals surface area contributed by atoms with Crippen LogP contribution in [0, 0.1) is 0 Å². The van der Waals surface area contributed by atoms with Crippen LogP contribution in [0.15, 0.2) is 24.3 Å². The van der Waals surface area contributed by atoms with Crippen molar-refractivity contribution >= 4 is 5.91 Å². The molecule has 1 atom stereocenters. The Morgan fingerprint density at radius 3 is 2.59 bits per heavy atom. The summed E-state index contributed by atoms with van der Waals surface area (Å²) in [7, 11) is 3.28. The molecule has 0 saturated carbocycles. The number of likely N-dealkylation sites (tertiary alicyclic amines) is 1. The molecule has 0 radical (unpaired) electrons. The molecule has 1 aliphatic rings. The smallest absolute Gasteiger partial charge is 0.225 e. The normalized spacial score (nSPS) is 19.8. The molecule has 17 heavy (non-hydrogen) atoms. The van der Waals surface area contributed by atoms with Gasteiger partial charge in [-0.25, -0.2) is 0 Å². The van der Waals surface area contributed by atoms with E-state index in [0.29, 0.717) is 13.0 Å². The van der Waals surface area contributed by atoms with E-state index in [1.165, 1.54) is 0 Å². The van der Waals surface area contributed by atoms with Crippen LogP contribution in [0.2, 0.25) is 0 Å². The molecule has 0 bridgehead atoms. The third-order valence-corrected chi connectivity index (χ3v) is 3.06. The predicted octanol–water partition coefficient (Wildman–Crippen LogP) is 1.79. The summed E-state index contributed by atoms with van der Waals surface area (Å²) in [5, 5.41) is 0. The summed E-state index contributed by atoms with van der Waals surface area (Å²) < 4.78 is 10.4. The maximum absolute atomic E-state index is 11.7. The topological polar surface area (TPSA) is 38.8 Å². The summed E-state index contributed by atoms with van der Waals surface area (Å²) in [5.41, 5.74) is 1.09. The monoisotopic (exact) mass is 235 g/mol. The van der Waals surface area contributed by atoms with E-state index in [9.17, 15) is 4.79 Å². The molecule has 2 rings (SSSR count). The molecular weight excluding hydrogens is 218 g/mol. The van der Waals surface area contributed by atoms with Gasteiger partial charge in [-0.2, -0.15) is 0 Å². The van der Waals surface area contributed by atoms with Gasteiger partial charge in [-0.1, -0.05) is 12.1 Å². The van der Waals surface area contributed by atoms with Crippen LogP contribution >= 0.6 is 0 Å². The molecule has 0 aliphatic carbocycles. The van der Waals surface area contributed by atoms with Gasteiger partial charge in [0.2, 0.25) is 5.91 Å². The molecule has 0 aromatic heterocycles. The first-order chi connectivity index (χ1) is 8.24. The Morgan fingerprint density at radius 1 is 1.29 bits per heavy atom. The van der Waals surface area contributed by atoms with E-state index in [4.69, 9.17) is 9.47 Å². The number of methoxy groups -OCH3 is 2. The van der Waals surface area contributed by atoms with Crippen molar-refractivity contribution in [3.63, 3.8) is 0 Å². The fourth-order valence-electron chi connectivity index (χ4n) is 2.07. The van der Waals surface area contributed by atoms with Gasteiger partial charge in [0.25, 0.3) is 0 Å². The summed E-state index contributed by atoms with van der Waals surface area (Å²) in [6, 6.07) is 7.74. The number of ether oxygens (including phenoxy) is 2. The Kier molecular flexibility index (Phi) is 3.64. The molecule has 1 amide bonds. The van der Waals surface area contributed by atoms with E-state index >= 15 is 0 Å². The largest absolute Gasteiger partial charge is 0.497 e. The van der Waals surface area contributed by atoms with Crippen molar-refractivity contribution in [1.82, 2.24) is 4.90 Å². The van der Waals surface area contributed by atoms with Crippen LogP contribution < -0.4 is 4.74 Å². The van der Waals surface area contributed by atoms with Crippen molar-refractivity contribution in [2.75, 3.05) is 14.2 Å². The Bertz CT molecular complexity index is 388. The van der Waals surface area contributed by atoms with E-state index in [1.54, 1.807) is 19.1 Å². The number of benzene rings is 1. The summed E-state index contributed by atoms with van der Waals surface area (Å²) in [6.07, 6.45) is 1.28. The molecule has 92 valence electrons. The first-order valence-electron chi connectivity index (χ1n) is 5.70. The van der Waals surface area contributed by atoms with Crippen molar-refractivity contribution in [1.29, 1.82) is 0 Å². The third-order valence-electron chi connectivity index (χ3n) is 3.06. The maximum Gasteiger partial charge on any atom is 0.225 e. The Hall–Kier alpha value is -1.55. The zero-order valence-corrected chi connectivity index (χ0v) is 10.2. The molecule has 1 aromatic carbocycles. The number of amides is 1. The minimum Gasteiger partial charge on any atom is -0.497 e. The second-order valence-electron chi connectivity index (χ2n) is 4.10. The fourth-order valence-corrected chi connectivity index (χ4v) is 2.07. The highest BCUT2D eigenvalue weighted by Gasteiger charge is 2.30. The van der Waals surface area contributed by atoms with Crippen LogP contribution in [-0.4, -0.2) is 31.3 Å². The van der Waals surface area contributed by atoms with Crippen LogP contribution in [0.4, 0.5) is 0 Å². The molecule has 4 heteroatoms. The van der Waals surface area contributed by atoms with Crippen LogP contribution in [0.5, 0.6) is 5.75 Å². The lowest BCUT2D eigenvalue weighted by Gasteiger charge is -2.23. The van der Waals surface area contributed by atoms with Gasteiger partial charge in [0, 0.05) is 26.5 Å². The minimum atomic E-state index is -0.0791. The summed E-state index contributed by atoms with van der Waals surface area (Å²) in [6.45, 7) is 0.599. The van der Waals surface area contributed by atoms with Crippen LogP contribution in [0.3, 0.4) is 0 Å². The lowest BCUT2D eigenvalue weighted by molar-refractivity contribution is -0.135. The van der Waals surface area contributed by atoms with Gasteiger partial charge in [0.05, 0.1) is 7.11 Å². The molecule has 1 heterocycles. The molecule has 1 unspecified atom stereocenters. The van der Waals surface area contributed by atoms with Crippen molar-refractivity contribution in [2.24, 2.45) is 0 Å². The van der Waals surface area contributed by atoms with Gasteiger partial charge in [-0.05, 0) is 17.7 Å². The van der Waals surface area contributed by atoms with E-state index in [0.717, 1.165) is 17.7 Å². The second kappa shape index (κ2) is 5.19. The number of rotatable bonds is 4. The van der Waals surface area contributed by atoms with Crippen molar-refractivity contribution in [3.8, 4) is 5.75 Å². The lowest BCUT2D eigenvalue weighted by Crippen LogP contribution is -2.33. The highest BCUT2D eigenvalue weighted by Crippen LogP contribution is 2.22. The highest BCUT2D eigenvalue weighted by atomic mass is 16.5. The quantitative estimate of drug-likeness (QED) is 0.798. The number of hydrogen-bond donors (Lipinski definition) is 0. The van der Waals surface area contributed by atoms with Crippen LogP contribution in [0.25, 0.3) is 0 Å². The first kappa shape index (κ1) is 11.9. The van der Waals surface area contributed by atoms with Crippen molar-refractivity contribution in [3.05, 3.63) is 29.8 Å². The maximum atomic E-state index is 11.7. The van der Waals surface area contributed by atoms with Gasteiger partial charge < -0.3 is 14.4 Å². The summed E-state index contributed by atoms with van der Waals surface area (Å²) >= 11 is 0. The molecule has 1 aliphatic heterocycles. The Morgan fingerprint density at radius 2 is 2.00 bits per heavy atom. The van der Waals surface area contributed by atoms with E-state index in [-0.39, 0.29) is 12.1 Å². The van der Waals surface area contributed by atoms with Gasteiger partial charge in [-0.3, -0.25) is 4.79 Å². The number of hydrogen-bond acceptors (Lipinski definition) is 3. The number of nitrogens with zero attached hydrogens (tertiary/aromatic N) is 1. The van der Waals surface area contributed by atoms with Crippen LogP contribution in [-0.2, 0) is 16.1 Å². The van der Waals surface area contributed by atoms with Gasteiger partial charge in [0.1, 0.15) is 12.0 Å². The third kappa shape index (κ3) is 2.58. The summed E-state index contributed by atoms with van der Waals surface area (Å²) in [4.78, 5) is 13.5. The average molecular weight is 235 g/mol. The average Bonchev–Trinajstić information content (AvgIpc) is 2.71. The van der Waals surface area contributed by atoms with Crippen LogP contribution in [0.1, 0.15) is 18.4 Å². The fraction of sp³-hybridized carbons (Fsp3) is 0.462. The van der Waals surface area contributed by atoms with Gasteiger partial charge in [-0.15, -0.1) is 0 Å². The Labute approximate surface area is 101 Å². The molecule has 0 N–H and O–H groups in total. The second-order valence-corrected chi connectivity index (χ2v) is 4.10. The number of carbonyl (C=O) groups is 1. The minimum absolute atomic E-state index is 0.0791. The van der Waals surface area contributed by atoms with Gasteiger partial charge in [0.15, 0.2) is 0 Å². The van der Waals surface area contributed by atoms with E-state index in [2.05, 4.69) is 0 Å². The molecule has 4 nitrogen and oxygen atoms in total. The Balaban J connectivity index is 2.06. The van der Waals surface area contributed by atoms with Gasteiger partial charge >= 0.3 is 0 Å². The zero-order chi connectivity index (χ0) is 12.3. The SMILES string of the molecule is COc1ccc(CN2C(=O)CCC2OC)cc1. The van der Waals surface area contributed by atoms with Crippen molar-refractivity contribution < 1.29 is 14.3 Å². The molecule has 0 spiro atoms. The lowest BCUT2D eigenvalue weighted by atomic mass is 10.2. The standard InChI is InChI=1S/C13H17NO3/c1-16-11-5-3-10(4-6-11)9-14-12(15)7-8-13(14)17-2/h3-6,13H,7-9H2,1-2H3. The van der Waals surface area contributed by atoms with E-state index < -0.39 is 0 Å². The number of carbonyl (C=O) groups excluding carboxylic acids is 1. The highest BCUT2D eigenvalue weighted by molar-refractivity contribution is 5.78. The molecule has 1 saturated heterocycles. The zero-order valence-electron chi connectivity index (χ0n) is 10.2. The molecule has 1 fully saturated rings. The first-order valence-corrected chi connectivity index (χ1v) is 5.70. The summed E-state index contributed by atoms with van der Waals surface area (Å²) in [5.74, 6) is 0.984. The molecular formula is C13H17NO3. The van der Waals surface area contributed by atoms with Crippen molar-refractivity contribution in [2.45, 2.75) is 25.6 Å². The van der Waals surface area contributed by atoms with E-state index in [1.807, 2.05) is 24.3 Å². The predicted molar refractivity (Wildman–Crippen MR) is 63.6 cm³/mol.